The van der Waals surface area contributed by atoms with E-state index in [9.17, 15) is 0 Å². The molecule has 1 aromatic heterocycles. The Morgan fingerprint density at radius 2 is 1.41 bits per heavy atom. The van der Waals surface area contributed by atoms with Gasteiger partial charge in [0, 0.05) is 50.1 Å². The fraction of sp³-hybridized carbons (Fsp3) is 0.360. The van der Waals surface area contributed by atoms with Gasteiger partial charge in [0.1, 0.15) is 37.7 Å². The van der Waals surface area contributed by atoms with Crippen molar-refractivity contribution in [3.8, 4) is 29.6 Å². The summed E-state index contributed by atoms with van der Waals surface area (Å²) in [6.45, 7) is 2.52. The first-order valence-electron chi connectivity index (χ1n) is 10.7. The highest BCUT2D eigenvalue weighted by molar-refractivity contribution is 5.93. The lowest BCUT2D eigenvalue weighted by atomic mass is 10.1. The maximum absolute atomic E-state index is 5.90. The van der Waals surface area contributed by atoms with Gasteiger partial charge >= 0.3 is 0 Å². The van der Waals surface area contributed by atoms with Crippen LogP contribution in [0.25, 0.3) is 10.9 Å². The van der Waals surface area contributed by atoms with Crippen molar-refractivity contribution in [2.75, 3.05) is 66.3 Å². The van der Waals surface area contributed by atoms with E-state index in [-0.39, 0.29) is 0 Å². The highest BCUT2D eigenvalue weighted by Gasteiger charge is 2.13. The van der Waals surface area contributed by atoms with Crippen LogP contribution in [0.3, 0.4) is 0 Å². The summed E-state index contributed by atoms with van der Waals surface area (Å²) in [4.78, 5) is 8.83. The molecule has 9 heteroatoms. The largest absolute Gasteiger partial charge is 0.491 e. The highest BCUT2D eigenvalue weighted by Crippen LogP contribution is 2.35. The number of hydrogen-bond donors (Lipinski definition) is 1. The van der Waals surface area contributed by atoms with E-state index in [1.54, 1.807) is 27.4 Å². The number of terminal acetylenes is 1. The average Bonchev–Trinajstić information content (AvgIpc) is 2.85. The Balaban J connectivity index is 1.93. The zero-order valence-corrected chi connectivity index (χ0v) is 19.6. The lowest BCUT2D eigenvalue weighted by Gasteiger charge is -2.15. The smallest absolute Gasteiger partial charge is 0.163 e. The maximum atomic E-state index is 5.90. The van der Waals surface area contributed by atoms with Crippen LogP contribution < -0.4 is 19.5 Å². The molecule has 2 aromatic carbocycles. The molecule has 1 heterocycles. The number of hydrogen-bond acceptors (Lipinski definition) is 9. The Kier molecular flexibility index (Phi) is 9.73. The van der Waals surface area contributed by atoms with E-state index >= 15 is 0 Å². The molecule has 0 saturated carbocycles. The van der Waals surface area contributed by atoms with Gasteiger partial charge in [-0.3, -0.25) is 0 Å². The third-order valence-corrected chi connectivity index (χ3v) is 4.68. The van der Waals surface area contributed by atoms with E-state index in [1.807, 2.05) is 24.3 Å². The van der Waals surface area contributed by atoms with Gasteiger partial charge in [0.25, 0.3) is 0 Å². The summed E-state index contributed by atoms with van der Waals surface area (Å²) in [5.74, 6) is 4.98. The quantitative estimate of drug-likeness (QED) is 0.283. The van der Waals surface area contributed by atoms with Crippen LogP contribution in [0.4, 0.5) is 11.5 Å². The molecular formula is C25H29N3O6. The zero-order valence-electron chi connectivity index (χ0n) is 19.6. The van der Waals surface area contributed by atoms with Crippen LogP contribution in [0.15, 0.2) is 36.7 Å². The van der Waals surface area contributed by atoms with Crippen molar-refractivity contribution in [2.24, 2.45) is 0 Å². The van der Waals surface area contributed by atoms with Crippen LogP contribution in [0.1, 0.15) is 5.56 Å². The van der Waals surface area contributed by atoms with Crippen molar-refractivity contribution < 1.29 is 28.4 Å². The second-order valence-corrected chi connectivity index (χ2v) is 7.08. The third kappa shape index (κ3) is 6.96. The molecule has 0 aliphatic heterocycles. The fourth-order valence-electron chi connectivity index (χ4n) is 3.08. The predicted molar refractivity (Wildman–Crippen MR) is 129 cm³/mol. The number of nitrogens with one attached hydrogen (secondary N) is 1. The van der Waals surface area contributed by atoms with Crippen LogP contribution in [-0.2, 0) is 14.2 Å². The Hall–Kier alpha value is -3.58. The van der Waals surface area contributed by atoms with Crippen molar-refractivity contribution in [1.29, 1.82) is 0 Å². The van der Waals surface area contributed by atoms with Crippen LogP contribution in [0.5, 0.6) is 17.2 Å². The number of anilines is 2. The molecule has 0 atom stereocenters. The Bertz CT molecular complexity index is 1120. The van der Waals surface area contributed by atoms with E-state index in [4.69, 9.17) is 34.8 Å². The Morgan fingerprint density at radius 3 is 2.06 bits per heavy atom. The number of aromatic nitrogens is 2. The number of methoxy groups -OCH3 is 3. The molecule has 0 saturated heterocycles. The molecule has 0 fully saturated rings. The normalized spacial score (nSPS) is 10.6. The van der Waals surface area contributed by atoms with Gasteiger partial charge in [-0.15, -0.1) is 6.42 Å². The first-order valence-corrected chi connectivity index (χ1v) is 10.7. The predicted octanol–water partition coefficient (Wildman–Crippen LogP) is 3.43. The van der Waals surface area contributed by atoms with E-state index in [0.717, 1.165) is 11.1 Å². The molecule has 9 nitrogen and oxygen atoms in total. The summed E-state index contributed by atoms with van der Waals surface area (Å²) in [6, 6.07) is 9.15. The summed E-state index contributed by atoms with van der Waals surface area (Å²) >= 11 is 0. The Morgan fingerprint density at radius 1 is 0.765 bits per heavy atom. The molecule has 0 aliphatic rings. The summed E-state index contributed by atoms with van der Waals surface area (Å²) in [5.41, 5.74) is 2.09. The standard InChI is InChI=1S/C25H29N3O6/c1-5-18-12-19(14-20(13-18)32-9-6-29-2)28-25-21-15-23(33-10-7-30-3)24(34-11-8-31-4)16-22(21)26-17-27-25/h1,12-17H,6-11H2,2-4H3,(H,26,27,28). The molecule has 180 valence electrons. The van der Waals surface area contributed by atoms with Gasteiger partial charge in [-0.25, -0.2) is 9.97 Å². The van der Waals surface area contributed by atoms with Crippen LogP contribution >= 0.6 is 0 Å². The van der Waals surface area contributed by atoms with E-state index < -0.39 is 0 Å². The molecule has 0 spiro atoms. The molecule has 3 rings (SSSR count). The second-order valence-electron chi connectivity index (χ2n) is 7.08. The first-order chi connectivity index (χ1) is 16.7. The van der Waals surface area contributed by atoms with Crippen molar-refractivity contribution in [3.63, 3.8) is 0 Å². The van der Waals surface area contributed by atoms with E-state index in [2.05, 4.69) is 21.2 Å². The van der Waals surface area contributed by atoms with Crippen molar-refractivity contribution in [1.82, 2.24) is 9.97 Å². The average molecular weight is 468 g/mol. The Labute approximate surface area is 199 Å². The molecule has 34 heavy (non-hydrogen) atoms. The molecule has 3 aromatic rings. The fourth-order valence-corrected chi connectivity index (χ4v) is 3.08. The maximum Gasteiger partial charge on any atom is 0.163 e. The van der Waals surface area contributed by atoms with Crippen molar-refractivity contribution in [3.05, 3.63) is 42.2 Å². The third-order valence-electron chi connectivity index (χ3n) is 4.68. The minimum absolute atomic E-state index is 0.367. The topological polar surface area (TPSA) is 93.2 Å². The highest BCUT2D eigenvalue weighted by atomic mass is 16.5. The molecule has 0 aliphatic carbocycles. The minimum atomic E-state index is 0.367. The summed E-state index contributed by atoms with van der Waals surface area (Å²) in [7, 11) is 4.86. The van der Waals surface area contributed by atoms with Gasteiger partial charge in [-0.05, 0) is 18.2 Å². The van der Waals surface area contributed by atoms with Gasteiger partial charge in [0.2, 0.25) is 0 Å². The summed E-state index contributed by atoms with van der Waals surface area (Å²) in [5, 5.41) is 4.07. The van der Waals surface area contributed by atoms with Gasteiger partial charge in [0.15, 0.2) is 11.5 Å². The van der Waals surface area contributed by atoms with E-state index in [1.165, 1.54) is 6.33 Å². The van der Waals surface area contributed by atoms with Crippen molar-refractivity contribution >= 4 is 22.4 Å². The number of nitrogens with zero attached hydrogens (tertiary/aromatic N) is 2. The number of ether oxygens (including phenoxy) is 6. The van der Waals surface area contributed by atoms with E-state index in [0.29, 0.717) is 73.8 Å². The van der Waals surface area contributed by atoms with Gasteiger partial charge in [0.05, 0.1) is 25.3 Å². The van der Waals surface area contributed by atoms with Crippen LogP contribution in [0, 0.1) is 12.3 Å². The number of benzene rings is 2. The minimum Gasteiger partial charge on any atom is -0.491 e. The summed E-state index contributed by atoms with van der Waals surface area (Å²) < 4.78 is 32.7. The zero-order chi connectivity index (χ0) is 24.2. The molecule has 0 bridgehead atoms. The lowest BCUT2D eigenvalue weighted by molar-refractivity contribution is 0.132. The van der Waals surface area contributed by atoms with Crippen molar-refractivity contribution in [2.45, 2.75) is 0 Å². The number of fused-ring (bicyclic) bond motifs is 1. The molecular weight excluding hydrogens is 438 g/mol. The van der Waals surface area contributed by atoms with Crippen LogP contribution in [-0.4, -0.2) is 70.9 Å². The molecule has 0 unspecified atom stereocenters. The second kappa shape index (κ2) is 13.2. The number of rotatable bonds is 14. The van der Waals surface area contributed by atoms with Crippen LogP contribution in [0.2, 0.25) is 0 Å². The molecule has 0 amide bonds. The lowest BCUT2D eigenvalue weighted by Crippen LogP contribution is -2.09. The van der Waals surface area contributed by atoms with Gasteiger partial charge < -0.3 is 33.7 Å². The monoisotopic (exact) mass is 467 g/mol. The SMILES string of the molecule is C#Cc1cc(Nc2ncnc3cc(OCCOC)c(OCCOC)cc23)cc(OCCOC)c1. The van der Waals surface area contributed by atoms with Gasteiger partial charge in [-0.2, -0.15) is 0 Å². The first kappa shape index (κ1) is 25.1. The van der Waals surface area contributed by atoms with Gasteiger partial charge in [-0.1, -0.05) is 5.92 Å². The molecule has 1 N–H and O–H groups in total. The summed E-state index contributed by atoms with van der Waals surface area (Å²) in [6.07, 6.45) is 7.12. The molecule has 0 radical (unpaired) electrons.